The SMILES string of the molecule is O=C(O)C(Cc1cc(Br)c(O)cn1)NC(=O)C(F)(F)F. The van der Waals surface area contributed by atoms with E-state index in [0.29, 0.717) is 0 Å². The number of pyridine rings is 1. The monoisotopic (exact) mass is 356 g/mol. The van der Waals surface area contributed by atoms with Crippen LogP contribution >= 0.6 is 15.9 Å². The predicted octanol–water partition coefficient (Wildman–Crippen LogP) is 1.22. The number of carbonyl (C=O) groups is 2. The quantitative estimate of drug-likeness (QED) is 0.753. The topological polar surface area (TPSA) is 99.5 Å². The second kappa shape index (κ2) is 6.07. The average Bonchev–Trinajstić information content (AvgIpc) is 2.31. The zero-order valence-corrected chi connectivity index (χ0v) is 11.2. The first kappa shape index (κ1) is 16.2. The van der Waals surface area contributed by atoms with Crippen LogP contribution in [0, 0.1) is 0 Å². The van der Waals surface area contributed by atoms with Crippen molar-refractivity contribution in [1.82, 2.24) is 10.3 Å². The fourth-order valence-corrected chi connectivity index (χ4v) is 1.59. The molecule has 1 amide bonds. The van der Waals surface area contributed by atoms with E-state index < -0.39 is 30.5 Å². The molecule has 1 aromatic heterocycles. The Hall–Kier alpha value is -1.84. The lowest BCUT2D eigenvalue weighted by atomic mass is 10.1. The minimum atomic E-state index is -5.17. The summed E-state index contributed by atoms with van der Waals surface area (Å²) < 4.78 is 36.4. The zero-order valence-electron chi connectivity index (χ0n) is 9.61. The number of aromatic nitrogens is 1. The molecule has 20 heavy (non-hydrogen) atoms. The molecule has 1 rings (SSSR count). The van der Waals surface area contributed by atoms with Crippen LogP contribution in [0.25, 0.3) is 0 Å². The van der Waals surface area contributed by atoms with Crippen molar-refractivity contribution < 1.29 is 33.0 Å². The van der Waals surface area contributed by atoms with Crippen LogP contribution in [-0.4, -0.2) is 39.3 Å². The van der Waals surface area contributed by atoms with Gasteiger partial charge in [0.2, 0.25) is 0 Å². The van der Waals surface area contributed by atoms with Gasteiger partial charge in [0.1, 0.15) is 11.8 Å². The molecule has 0 aromatic carbocycles. The molecule has 0 aliphatic heterocycles. The third-order valence-electron chi connectivity index (χ3n) is 2.16. The van der Waals surface area contributed by atoms with E-state index in [-0.39, 0.29) is 15.9 Å². The van der Waals surface area contributed by atoms with E-state index in [4.69, 9.17) is 5.11 Å². The summed E-state index contributed by atoms with van der Waals surface area (Å²) in [7, 11) is 0. The van der Waals surface area contributed by atoms with E-state index >= 15 is 0 Å². The minimum absolute atomic E-state index is 0.0875. The Morgan fingerprint density at radius 2 is 2.05 bits per heavy atom. The van der Waals surface area contributed by atoms with Crippen molar-refractivity contribution >= 4 is 27.8 Å². The van der Waals surface area contributed by atoms with Crippen LogP contribution in [0.1, 0.15) is 5.69 Å². The maximum atomic E-state index is 12.1. The van der Waals surface area contributed by atoms with E-state index in [1.54, 1.807) is 0 Å². The molecule has 1 atom stereocenters. The molecule has 1 unspecified atom stereocenters. The Morgan fingerprint density at radius 1 is 1.45 bits per heavy atom. The van der Waals surface area contributed by atoms with Crippen LogP contribution in [-0.2, 0) is 16.0 Å². The van der Waals surface area contributed by atoms with Crippen molar-refractivity contribution in [2.75, 3.05) is 0 Å². The number of aromatic hydroxyl groups is 1. The summed E-state index contributed by atoms with van der Waals surface area (Å²) in [6.07, 6.45) is -4.63. The molecule has 0 bridgehead atoms. The van der Waals surface area contributed by atoms with E-state index in [1.807, 2.05) is 0 Å². The molecule has 0 radical (unpaired) electrons. The van der Waals surface area contributed by atoms with Crippen LogP contribution < -0.4 is 5.32 Å². The van der Waals surface area contributed by atoms with Crippen LogP contribution in [0.5, 0.6) is 5.75 Å². The lowest BCUT2D eigenvalue weighted by molar-refractivity contribution is -0.175. The molecule has 0 aliphatic carbocycles. The van der Waals surface area contributed by atoms with Crippen LogP contribution in [0.15, 0.2) is 16.7 Å². The first-order valence-corrected chi connectivity index (χ1v) is 5.84. The standard InChI is InChI=1S/C10H8BrF3N2O4/c11-5-1-4(15-3-7(5)17)2-6(8(18)19)16-9(20)10(12,13)14/h1,3,6,17H,2H2,(H,16,20)(H,18,19). The Kier molecular flexibility index (Phi) is 4.93. The van der Waals surface area contributed by atoms with Gasteiger partial charge >= 0.3 is 18.1 Å². The van der Waals surface area contributed by atoms with Crippen LogP contribution in [0.2, 0.25) is 0 Å². The lowest BCUT2D eigenvalue weighted by Gasteiger charge is -2.15. The number of rotatable bonds is 4. The molecule has 0 aliphatic rings. The first-order valence-electron chi connectivity index (χ1n) is 5.05. The van der Waals surface area contributed by atoms with Gasteiger partial charge in [-0.25, -0.2) is 4.79 Å². The number of carboxylic acid groups (broad SMARTS) is 1. The molecule has 6 nitrogen and oxygen atoms in total. The largest absolute Gasteiger partial charge is 0.505 e. The average molecular weight is 357 g/mol. The number of hydrogen-bond acceptors (Lipinski definition) is 4. The van der Waals surface area contributed by atoms with Gasteiger partial charge in [-0.15, -0.1) is 0 Å². The van der Waals surface area contributed by atoms with E-state index in [9.17, 15) is 27.9 Å². The minimum Gasteiger partial charge on any atom is -0.505 e. The number of hydrogen-bond donors (Lipinski definition) is 3. The van der Waals surface area contributed by atoms with E-state index in [0.717, 1.165) is 6.20 Å². The number of nitrogens with zero attached hydrogens (tertiary/aromatic N) is 1. The number of alkyl halides is 3. The summed E-state index contributed by atoms with van der Waals surface area (Å²) in [5.41, 5.74) is 0.0875. The van der Waals surface area contributed by atoms with Crippen molar-refractivity contribution in [3.05, 3.63) is 22.4 Å². The molecule has 110 valence electrons. The number of halogens is 4. The molecule has 3 N–H and O–H groups in total. The van der Waals surface area contributed by atoms with Gasteiger partial charge in [-0.05, 0) is 22.0 Å². The van der Waals surface area contributed by atoms with E-state index in [1.165, 1.54) is 11.4 Å². The summed E-state index contributed by atoms with van der Waals surface area (Å²) >= 11 is 2.95. The number of carboxylic acids is 1. The van der Waals surface area contributed by atoms with E-state index in [2.05, 4.69) is 20.9 Å². The van der Waals surface area contributed by atoms with Gasteiger partial charge in [-0.2, -0.15) is 13.2 Å². The third kappa shape index (κ3) is 4.37. The number of aliphatic carboxylic acids is 1. The lowest BCUT2D eigenvalue weighted by Crippen LogP contribution is -2.48. The van der Waals surface area contributed by atoms with Gasteiger partial charge < -0.3 is 15.5 Å². The third-order valence-corrected chi connectivity index (χ3v) is 2.80. The fourth-order valence-electron chi connectivity index (χ4n) is 1.22. The second-order valence-corrected chi connectivity index (χ2v) is 4.55. The highest BCUT2D eigenvalue weighted by Gasteiger charge is 2.40. The zero-order chi connectivity index (χ0) is 15.5. The highest BCUT2D eigenvalue weighted by atomic mass is 79.9. The number of carbonyl (C=O) groups excluding carboxylic acids is 1. The van der Waals surface area contributed by atoms with Crippen molar-refractivity contribution in [1.29, 1.82) is 0 Å². The van der Waals surface area contributed by atoms with Crippen LogP contribution in [0.3, 0.4) is 0 Å². The smallest absolute Gasteiger partial charge is 0.471 e. The Labute approximate surface area is 118 Å². The van der Waals surface area contributed by atoms with Gasteiger partial charge in [0, 0.05) is 12.1 Å². The maximum Gasteiger partial charge on any atom is 0.471 e. The molecule has 1 heterocycles. The summed E-state index contributed by atoms with van der Waals surface area (Å²) in [6, 6.07) is -0.543. The van der Waals surface area contributed by atoms with Crippen molar-refractivity contribution in [2.45, 2.75) is 18.6 Å². The molecular weight excluding hydrogens is 349 g/mol. The second-order valence-electron chi connectivity index (χ2n) is 3.69. The van der Waals surface area contributed by atoms with Gasteiger partial charge in [0.05, 0.1) is 10.7 Å². The highest BCUT2D eigenvalue weighted by Crippen LogP contribution is 2.23. The summed E-state index contributed by atoms with van der Waals surface area (Å²) in [5, 5.41) is 19.4. The van der Waals surface area contributed by atoms with Gasteiger partial charge in [0.15, 0.2) is 0 Å². The summed E-state index contributed by atoms with van der Waals surface area (Å²) in [4.78, 5) is 25.2. The number of amides is 1. The Bertz CT molecular complexity index is 536. The van der Waals surface area contributed by atoms with Crippen LogP contribution in [0.4, 0.5) is 13.2 Å². The Morgan fingerprint density at radius 3 is 2.50 bits per heavy atom. The van der Waals surface area contributed by atoms with Gasteiger partial charge in [-0.1, -0.05) is 0 Å². The Balaban J connectivity index is 2.85. The van der Waals surface area contributed by atoms with Gasteiger partial charge in [0.25, 0.3) is 0 Å². The van der Waals surface area contributed by atoms with Crippen molar-refractivity contribution in [2.24, 2.45) is 0 Å². The molecule has 0 saturated carbocycles. The van der Waals surface area contributed by atoms with Gasteiger partial charge in [-0.3, -0.25) is 9.78 Å². The maximum absolute atomic E-state index is 12.1. The fraction of sp³-hybridized carbons (Fsp3) is 0.300. The number of nitrogens with one attached hydrogen (secondary N) is 1. The molecule has 1 aromatic rings. The first-order chi connectivity index (χ1) is 9.11. The molecule has 0 saturated heterocycles. The molecule has 0 fully saturated rings. The molecule has 10 heteroatoms. The summed E-state index contributed by atoms with van der Waals surface area (Å²) in [6.45, 7) is 0. The van der Waals surface area contributed by atoms with Crippen molar-refractivity contribution in [3.63, 3.8) is 0 Å². The van der Waals surface area contributed by atoms with Crippen molar-refractivity contribution in [3.8, 4) is 5.75 Å². The normalized spacial score (nSPS) is 12.8. The predicted molar refractivity (Wildman–Crippen MR) is 62.9 cm³/mol. The summed E-state index contributed by atoms with van der Waals surface area (Å²) in [5.74, 6) is -4.18. The highest BCUT2D eigenvalue weighted by molar-refractivity contribution is 9.10. The molecular formula is C10H8BrF3N2O4. The molecule has 0 spiro atoms.